The van der Waals surface area contributed by atoms with E-state index in [-0.39, 0.29) is 5.82 Å². The summed E-state index contributed by atoms with van der Waals surface area (Å²) >= 11 is 5.61. The molecule has 0 fully saturated rings. The summed E-state index contributed by atoms with van der Waals surface area (Å²) in [7, 11) is 2.06. The summed E-state index contributed by atoms with van der Waals surface area (Å²) in [6, 6.07) is 6.78. The molecule has 0 aliphatic heterocycles. The molecule has 0 aliphatic rings. The van der Waals surface area contributed by atoms with Gasteiger partial charge in [0.1, 0.15) is 5.82 Å². The molecule has 84 valence electrons. The van der Waals surface area contributed by atoms with E-state index in [1.165, 1.54) is 6.07 Å². The van der Waals surface area contributed by atoms with Gasteiger partial charge < -0.3 is 4.90 Å². The van der Waals surface area contributed by atoms with Crippen molar-refractivity contribution in [3.05, 3.63) is 35.6 Å². The minimum Gasteiger partial charge on any atom is -0.306 e. The van der Waals surface area contributed by atoms with Gasteiger partial charge in [-0.2, -0.15) is 0 Å². The van der Waals surface area contributed by atoms with E-state index < -0.39 is 0 Å². The number of benzene rings is 1. The average molecular weight is 230 g/mol. The largest absolute Gasteiger partial charge is 0.306 e. The number of rotatable bonds is 6. The molecule has 0 spiro atoms. The van der Waals surface area contributed by atoms with Gasteiger partial charge in [0, 0.05) is 12.4 Å². The van der Waals surface area contributed by atoms with E-state index in [1.807, 2.05) is 6.07 Å². The van der Waals surface area contributed by atoms with E-state index >= 15 is 0 Å². The molecule has 0 aliphatic carbocycles. The normalized spacial score (nSPS) is 10.9. The Bertz CT molecular complexity index is 291. The zero-order valence-electron chi connectivity index (χ0n) is 9.05. The van der Waals surface area contributed by atoms with Gasteiger partial charge in [-0.15, -0.1) is 11.6 Å². The topological polar surface area (TPSA) is 3.24 Å². The summed E-state index contributed by atoms with van der Waals surface area (Å²) in [4.78, 5) is 2.22. The lowest BCUT2D eigenvalue weighted by Gasteiger charge is -2.15. The number of alkyl halides is 1. The van der Waals surface area contributed by atoms with E-state index in [1.54, 1.807) is 12.1 Å². The first kappa shape index (κ1) is 12.5. The van der Waals surface area contributed by atoms with Crippen molar-refractivity contribution < 1.29 is 4.39 Å². The van der Waals surface area contributed by atoms with Crippen molar-refractivity contribution in [2.75, 3.05) is 26.0 Å². The second-order valence-electron chi connectivity index (χ2n) is 3.73. The minimum atomic E-state index is -0.157. The number of likely N-dealkylation sites (N-methyl/N-ethyl adjacent to an activating group) is 1. The van der Waals surface area contributed by atoms with Gasteiger partial charge in [0.05, 0.1) is 0 Å². The monoisotopic (exact) mass is 229 g/mol. The first-order valence-electron chi connectivity index (χ1n) is 5.21. The van der Waals surface area contributed by atoms with E-state index in [0.717, 1.165) is 31.5 Å². The summed E-state index contributed by atoms with van der Waals surface area (Å²) < 4.78 is 12.9. The van der Waals surface area contributed by atoms with Crippen LogP contribution in [0.1, 0.15) is 12.0 Å². The van der Waals surface area contributed by atoms with Crippen LogP contribution in [0.3, 0.4) is 0 Å². The fourth-order valence-corrected chi connectivity index (χ4v) is 1.57. The third kappa shape index (κ3) is 5.14. The van der Waals surface area contributed by atoms with E-state index in [2.05, 4.69) is 11.9 Å². The maximum Gasteiger partial charge on any atom is 0.123 e. The van der Waals surface area contributed by atoms with Gasteiger partial charge in [0.25, 0.3) is 0 Å². The third-order valence-corrected chi connectivity index (χ3v) is 2.61. The number of halogens is 2. The Morgan fingerprint density at radius 2 is 2.13 bits per heavy atom. The highest BCUT2D eigenvalue weighted by Crippen LogP contribution is 2.05. The molecule has 0 heterocycles. The van der Waals surface area contributed by atoms with Gasteiger partial charge in [-0.3, -0.25) is 0 Å². The summed E-state index contributed by atoms with van der Waals surface area (Å²) in [6.45, 7) is 1.94. The van der Waals surface area contributed by atoms with Crippen LogP contribution in [0.4, 0.5) is 4.39 Å². The molecule has 1 nitrogen and oxygen atoms in total. The molecule has 1 aromatic rings. The van der Waals surface area contributed by atoms with Crippen molar-refractivity contribution >= 4 is 11.6 Å². The van der Waals surface area contributed by atoms with Crippen molar-refractivity contribution in [2.24, 2.45) is 0 Å². The fourth-order valence-electron chi connectivity index (χ4n) is 1.45. The van der Waals surface area contributed by atoms with Crippen molar-refractivity contribution in [3.8, 4) is 0 Å². The quantitative estimate of drug-likeness (QED) is 0.678. The molecular weight excluding hydrogens is 213 g/mol. The van der Waals surface area contributed by atoms with Crippen molar-refractivity contribution in [1.82, 2.24) is 4.90 Å². The predicted octanol–water partition coefficient (Wildman–Crippen LogP) is 2.93. The smallest absolute Gasteiger partial charge is 0.123 e. The molecule has 15 heavy (non-hydrogen) atoms. The lowest BCUT2D eigenvalue weighted by molar-refractivity contribution is 0.339. The van der Waals surface area contributed by atoms with Gasteiger partial charge in [-0.05, 0) is 44.1 Å². The number of hydrogen-bond donors (Lipinski definition) is 0. The van der Waals surface area contributed by atoms with Gasteiger partial charge in [0.15, 0.2) is 0 Å². The van der Waals surface area contributed by atoms with Gasteiger partial charge in [-0.1, -0.05) is 12.1 Å². The van der Waals surface area contributed by atoms with Gasteiger partial charge in [0.2, 0.25) is 0 Å². The highest BCUT2D eigenvalue weighted by atomic mass is 35.5. The van der Waals surface area contributed by atoms with Crippen molar-refractivity contribution in [3.63, 3.8) is 0 Å². The van der Waals surface area contributed by atoms with Crippen LogP contribution in [0, 0.1) is 5.82 Å². The Morgan fingerprint density at radius 3 is 2.80 bits per heavy atom. The molecule has 1 aromatic carbocycles. The molecule has 0 bridgehead atoms. The zero-order chi connectivity index (χ0) is 11.1. The summed E-state index contributed by atoms with van der Waals surface area (Å²) in [5.74, 6) is 0.542. The maximum atomic E-state index is 12.9. The van der Waals surface area contributed by atoms with Gasteiger partial charge >= 0.3 is 0 Å². The third-order valence-electron chi connectivity index (χ3n) is 2.34. The SMILES string of the molecule is CN(CCCCl)CCc1cccc(F)c1. The summed E-state index contributed by atoms with van der Waals surface area (Å²) in [5, 5.41) is 0. The molecule has 0 unspecified atom stereocenters. The number of nitrogens with zero attached hydrogens (tertiary/aromatic N) is 1. The van der Waals surface area contributed by atoms with Crippen LogP contribution in [0.15, 0.2) is 24.3 Å². The van der Waals surface area contributed by atoms with Crippen LogP contribution in [-0.4, -0.2) is 30.9 Å². The van der Waals surface area contributed by atoms with E-state index in [9.17, 15) is 4.39 Å². The molecule has 0 saturated heterocycles. The molecule has 0 aromatic heterocycles. The molecular formula is C12H17ClFN. The Balaban J connectivity index is 2.30. The molecule has 0 amide bonds. The Labute approximate surface area is 95.8 Å². The standard InChI is InChI=1S/C12H17ClFN/c1-15(8-3-7-13)9-6-11-4-2-5-12(14)10-11/h2,4-5,10H,3,6-9H2,1H3. The zero-order valence-corrected chi connectivity index (χ0v) is 9.80. The highest BCUT2D eigenvalue weighted by molar-refractivity contribution is 6.17. The van der Waals surface area contributed by atoms with E-state index in [0.29, 0.717) is 5.88 Å². The lowest BCUT2D eigenvalue weighted by Crippen LogP contribution is -2.22. The first-order chi connectivity index (χ1) is 7.22. The van der Waals surface area contributed by atoms with Crippen molar-refractivity contribution in [1.29, 1.82) is 0 Å². The molecule has 0 N–H and O–H groups in total. The second-order valence-corrected chi connectivity index (χ2v) is 4.10. The Morgan fingerprint density at radius 1 is 1.33 bits per heavy atom. The predicted molar refractivity (Wildman–Crippen MR) is 62.9 cm³/mol. The lowest BCUT2D eigenvalue weighted by atomic mass is 10.1. The van der Waals surface area contributed by atoms with Crippen molar-refractivity contribution in [2.45, 2.75) is 12.8 Å². The van der Waals surface area contributed by atoms with Crippen LogP contribution >= 0.6 is 11.6 Å². The van der Waals surface area contributed by atoms with Crippen LogP contribution in [0.5, 0.6) is 0 Å². The number of hydrogen-bond acceptors (Lipinski definition) is 1. The molecule has 3 heteroatoms. The van der Waals surface area contributed by atoms with Crippen LogP contribution in [-0.2, 0) is 6.42 Å². The Kier molecular flexibility index (Phi) is 5.66. The van der Waals surface area contributed by atoms with E-state index in [4.69, 9.17) is 11.6 Å². The van der Waals surface area contributed by atoms with Gasteiger partial charge in [-0.25, -0.2) is 4.39 Å². The van der Waals surface area contributed by atoms with Crippen LogP contribution in [0.25, 0.3) is 0 Å². The Hall–Kier alpha value is -0.600. The molecule has 0 atom stereocenters. The molecule has 0 saturated carbocycles. The maximum absolute atomic E-state index is 12.9. The summed E-state index contributed by atoms with van der Waals surface area (Å²) in [6.07, 6.45) is 1.89. The first-order valence-corrected chi connectivity index (χ1v) is 5.75. The van der Waals surface area contributed by atoms with Crippen LogP contribution in [0.2, 0.25) is 0 Å². The summed E-state index contributed by atoms with van der Waals surface area (Å²) in [5.41, 5.74) is 1.05. The minimum absolute atomic E-state index is 0.157. The average Bonchev–Trinajstić information content (AvgIpc) is 2.23. The molecule has 0 radical (unpaired) electrons. The van der Waals surface area contributed by atoms with Crippen LogP contribution < -0.4 is 0 Å². The molecule has 1 rings (SSSR count). The fraction of sp³-hybridized carbons (Fsp3) is 0.500. The highest BCUT2D eigenvalue weighted by Gasteiger charge is 1.99. The second kappa shape index (κ2) is 6.81.